The lowest BCUT2D eigenvalue weighted by molar-refractivity contribution is -0.109. The highest BCUT2D eigenvalue weighted by Crippen LogP contribution is 2.29. The lowest BCUT2D eigenvalue weighted by atomic mass is 10.2. The molecule has 1 N–H and O–H groups in total. The van der Waals surface area contributed by atoms with Crippen molar-refractivity contribution in [3.63, 3.8) is 0 Å². The Kier molecular flexibility index (Phi) is 15.1. The molecule has 1 atom stereocenters. The third kappa shape index (κ3) is 15.0. The Morgan fingerprint density at radius 3 is 2.56 bits per heavy atom. The van der Waals surface area contributed by atoms with E-state index in [1.807, 2.05) is 0 Å². The van der Waals surface area contributed by atoms with Crippen molar-refractivity contribution in [1.29, 1.82) is 0 Å². The summed E-state index contributed by atoms with van der Waals surface area (Å²) in [5, 5.41) is 2.64. The van der Waals surface area contributed by atoms with E-state index < -0.39 is 0 Å². The van der Waals surface area contributed by atoms with Crippen LogP contribution in [0.2, 0.25) is 0 Å². The predicted octanol–water partition coefficient (Wildman–Crippen LogP) is 2.74. The van der Waals surface area contributed by atoms with Gasteiger partial charge in [0, 0.05) is 13.2 Å². The number of nitrogens with one attached hydrogen (secondary N) is 1. The molecule has 0 aromatic carbocycles. The lowest BCUT2D eigenvalue weighted by Crippen LogP contribution is -2.16. The first-order chi connectivity index (χ1) is 8.24. The summed E-state index contributed by atoms with van der Waals surface area (Å²) in [6, 6.07) is 0. The summed E-state index contributed by atoms with van der Waals surface area (Å²) < 4.78 is 9.94. The van der Waals surface area contributed by atoms with Crippen molar-refractivity contribution < 1.29 is 14.3 Å². The first kappa shape index (κ1) is 19.3. The van der Waals surface area contributed by atoms with Gasteiger partial charge in [-0.1, -0.05) is 14.0 Å². The number of rotatable bonds is 9. The van der Waals surface area contributed by atoms with E-state index in [-0.39, 0.29) is 7.43 Å². The van der Waals surface area contributed by atoms with Gasteiger partial charge in [0.25, 0.3) is 0 Å². The number of carbonyl (C=O) groups excluding carboxylic acids is 1. The van der Waals surface area contributed by atoms with Crippen LogP contribution in [0.25, 0.3) is 0 Å². The third-order valence-corrected chi connectivity index (χ3v) is 2.50. The Labute approximate surface area is 112 Å². The standard InChI is InChI=1S/C10H19NO2.C3H6O.CH4/c1-9(3-2-6-11-8-12)13-7-10-4-5-10;1-3-4-2;/h8-10H,2-7H2,1H3,(H,11,12);3H,1H2,2H3;1H4/t9-;;/m1../s1. The van der Waals surface area contributed by atoms with Crippen LogP contribution in [0.1, 0.15) is 40.0 Å². The topological polar surface area (TPSA) is 47.6 Å². The summed E-state index contributed by atoms with van der Waals surface area (Å²) in [4.78, 5) is 9.93. The largest absolute Gasteiger partial charge is 0.505 e. The van der Waals surface area contributed by atoms with Crippen molar-refractivity contribution in [3.8, 4) is 0 Å². The van der Waals surface area contributed by atoms with Gasteiger partial charge in [0.2, 0.25) is 6.41 Å². The SMILES string of the molecule is C.C=COC.C[C@H](CCCNC=O)OCC1CC1. The number of ether oxygens (including phenoxy) is 2. The fourth-order valence-electron chi connectivity index (χ4n) is 1.22. The second kappa shape index (κ2) is 14.0. The predicted molar refractivity (Wildman–Crippen MR) is 75.4 cm³/mol. The van der Waals surface area contributed by atoms with Crippen LogP contribution in [0.15, 0.2) is 12.8 Å². The van der Waals surface area contributed by atoms with Gasteiger partial charge in [0.05, 0.1) is 19.5 Å². The highest BCUT2D eigenvalue weighted by Gasteiger charge is 2.21. The fraction of sp³-hybridized carbons (Fsp3) is 0.786. The van der Waals surface area contributed by atoms with Gasteiger partial charge in [0.15, 0.2) is 0 Å². The maximum Gasteiger partial charge on any atom is 0.207 e. The Morgan fingerprint density at radius 1 is 1.50 bits per heavy atom. The second-order valence-electron chi connectivity index (χ2n) is 4.20. The molecule has 4 heteroatoms. The highest BCUT2D eigenvalue weighted by atomic mass is 16.5. The molecule has 1 saturated carbocycles. The van der Waals surface area contributed by atoms with Crippen LogP contribution in [-0.4, -0.2) is 32.8 Å². The van der Waals surface area contributed by atoms with E-state index in [1.165, 1.54) is 19.1 Å². The van der Waals surface area contributed by atoms with Crippen molar-refractivity contribution in [1.82, 2.24) is 5.32 Å². The minimum Gasteiger partial charge on any atom is -0.505 e. The lowest BCUT2D eigenvalue weighted by Gasteiger charge is -2.11. The van der Waals surface area contributed by atoms with Crippen LogP contribution in [0.4, 0.5) is 0 Å². The zero-order valence-electron chi connectivity index (χ0n) is 11.0. The van der Waals surface area contributed by atoms with Gasteiger partial charge < -0.3 is 14.8 Å². The molecule has 1 rings (SSSR count). The maximum absolute atomic E-state index is 9.93. The molecule has 1 aliphatic rings. The molecular formula is C14H29NO3. The van der Waals surface area contributed by atoms with E-state index >= 15 is 0 Å². The maximum atomic E-state index is 9.93. The molecule has 1 fully saturated rings. The van der Waals surface area contributed by atoms with E-state index in [0.29, 0.717) is 6.10 Å². The Morgan fingerprint density at radius 2 is 2.11 bits per heavy atom. The summed E-state index contributed by atoms with van der Waals surface area (Å²) in [6.07, 6.45) is 7.20. The zero-order valence-corrected chi connectivity index (χ0v) is 11.0. The first-order valence-electron chi connectivity index (χ1n) is 6.16. The third-order valence-electron chi connectivity index (χ3n) is 2.50. The number of amides is 1. The van der Waals surface area contributed by atoms with Crippen LogP contribution in [0.5, 0.6) is 0 Å². The monoisotopic (exact) mass is 259 g/mol. The smallest absolute Gasteiger partial charge is 0.207 e. The average Bonchev–Trinajstić information content (AvgIpc) is 3.16. The van der Waals surface area contributed by atoms with Crippen molar-refractivity contribution in [2.75, 3.05) is 20.3 Å². The molecule has 18 heavy (non-hydrogen) atoms. The normalized spacial score (nSPS) is 14.3. The minimum atomic E-state index is 0. The number of carbonyl (C=O) groups is 1. The van der Waals surface area contributed by atoms with E-state index in [2.05, 4.69) is 23.6 Å². The summed E-state index contributed by atoms with van der Waals surface area (Å²) in [6.45, 7) is 7.05. The molecule has 0 radical (unpaired) electrons. The fourth-order valence-corrected chi connectivity index (χ4v) is 1.22. The molecule has 0 unspecified atom stereocenters. The van der Waals surface area contributed by atoms with Gasteiger partial charge >= 0.3 is 0 Å². The zero-order chi connectivity index (χ0) is 12.9. The molecule has 4 nitrogen and oxygen atoms in total. The highest BCUT2D eigenvalue weighted by molar-refractivity contribution is 5.45. The Balaban J connectivity index is 0. The van der Waals surface area contributed by atoms with E-state index in [4.69, 9.17) is 4.74 Å². The molecule has 0 aliphatic heterocycles. The number of hydrogen-bond acceptors (Lipinski definition) is 3. The molecule has 1 amide bonds. The molecule has 1 aliphatic carbocycles. The Bertz CT molecular complexity index is 193. The first-order valence-corrected chi connectivity index (χ1v) is 6.16. The van der Waals surface area contributed by atoms with E-state index in [1.54, 1.807) is 7.11 Å². The van der Waals surface area contributed by atoms with Crippen molar-refractivity contribution in [2.24, 2.45) is 5.92 Å². The Hall–Kier alpha value is -1.03. The molecule has 0 bridgehead atoms. The summed E-state index contributed by atoms with van der Waals surface area (Å²) in [7, 11) is 1.56. The number of hydrogen-bond donors (Lipinski definition) is 1. The van der Waals surface area contributed by atoms with Crippen molar-refractivity contribution in [2.45, 2.75) is 46.1 Å². The minimum absolute atomic E-state index is 0. The molecule has 0 spiro atoms. The van der Waals surface area contributed by atoms with Crippen LogP contribution >= 0.6 is 0 Å². The van der Waals surface area contributed by atoms with Crippen molar-refractivity contribution in [3.05, 3.63) is 12.8 Å². The van der Waals surface area contributed by atoms with Gasteiger partial charge in [-0.2, -0.15) is 0 Å². The van der Waals surface area contributed by atoms with Crippen molar-refractivity contribution >= 4 is 6.41 Å². The van der Waals surface area contributed by atoms with E-state index in [0.717, 1.165) is 38.3 Å². The van der Waals surface area contributed by atoms with Crippen LogP contribution in [0, 0.1) is 5.92 Å². The van der Waals surface area contributed by atoms with Gasteiger partial charge in [-0.25, -0.2) is 0 Å². The molecule has 0 heterocycles. The molecular weight excluding hydrogens is 230 g/mol. The quantitative estimate of drug-likeness (QED) is 0.393. The van der Waals surface area contributed by atoms with E-state index in [9.17, 15) is 4.79 Å². The molecule has 0 aromatic rings. The second-order valence-corrected chi connectivity index (χ2v) is 4.20. The summed E-state index contributed by atoms with van der Waals surface area (Å²) in [5.41, 5.74) is 0. The van der Waals surface area contributed by atoms with Gasteiger partial charge in [-0.3, -0.25) is 4.79 Å². The average molecular weight is 259 g/mol. The van der Waals surface area contributed by atoms with Crippen LogP contribution < -0.4 is 5.32 Å². The summed E-state index contributed by atoms with van der Waals surface area (Å²) in [5.74, 6) is 0.843. The number of methoxy groups -OCH3 is 1. The molecule has 0 saturated heterocycles. The van der Waals surface area contributed by atoms with Crippen LogP contribution in [-0.2, 0) is 14.3 Å². The molecule has 108 valence electrons. The molecule has 0 aromatic heterocycles. The van der Waals surface area contributed by atoms with Crippen LogP contribution in [0.3, 0.4) is 0 Å². The summed E-state index contributed by atoms with van der Waals surface area (Å²) >= 11 is 0. The van der Waals surface area contributed by atoms with Gasteiger partial charge in [-0.05, 0) is 38.5 Å². The van der Waals surface area contributed by atoms with Gasteiger partial charge in [0.1, 0.15) is 0 Å². The van der Waals surface area contributed by atoms with Gasteiger partial charge in [-0.15, -0.1) is 0 Å².